The third kappa shape index (κ3) is 3.86. The average Bonchev–Trinajstić information content (AvgIpc) is 3.44. The van der Waals surface area contributed by atoms with Gasteiger partial charge in [-0.2, -0.15) is 0 Å². The maximum atomic E-state index is 12.5. The maximum absolute atomic E-state index is 12.5. The predicted molar refractivity (Wildman–Crippen MR) is 101 cm³/mol. The lowest BCUT2D eigenvalue weighted by atomic mass is 9.83. The van der Waals surface area contributed by atoms with Gasteiger partial charge in [0.25, 0.3) is 0 Å². The van der Waals surface area contributed by atoms with Gasteiger partial charge in [0, 0.05) is 36.7 Å². The first kappa shape index (κ1) is 18.7. The van der Waals surface area contributed by atoms with Gasteiger partial charge in [-0.1, -0.05) is 44.2 Å². The Morgan fingerprint density at radius 1 is 1.27 bits per heavy atom. The molecule has 1 heterocycles. The Balaban J connectivity index is 1.96. The number of rotatable bonds is 4. The third-order valence-corrected chi connectivity index (χ3v) is 5.36. The fraction of sp³-hybridized carbons (Fsp3) is 0.550. The Labute approximate surface area is 155 Å². The van der Waals surface area contributed by atoms with E-state index in [2.05, 4.69) is 30.9 Å². The summed E-state index contributed by atoms with van der Waals surface area (Å²) in [7, 11) is 1.41. The molecule has 4 N–H and O–H groups in total. The minimum Gasteiger partial charge on any atom is -0.467 e. The molecule has 0 bridgehead atoms. The van der Waals surface area contributed by atoms with Gasteiger partial charge in [0.05, 0.1) is 12.8 Å². The van der Waals surface area contributed by atoms with E-state index in [1.807, 2.05) is 18.2 Å². The summed E-state index contributed by atoms with van der Waals surface area (Å²) in [6.45, 7) is 6.25. The summed E-state index contributed by atoms with van der Waals surface area (Å²) in [6.07, 6.45) is 2.18. The second kappa shape index (κ2) is 7.29. The lowest BCUT2D eigenvalue weighted by Crippen LogP contribution is -2.54. The molecule has 1 saturated carbocycles. The van der Waals surface area contributed by atoms with Crippen LogP contribution in [0.4, 0.5) is 0 Å². The number of methoxy groups -OCH3 is 1. The van der Waals surface area contributed by atoms with E-state index in [1.165, 1.54) is 12.7 Å². The van der Waals surface area contributed by atoms with E-state index in [4.69, 9.17) is 16.3 Å². The summed E-state index contributed by atoms with van der Waals surface area (Å²) >= 11 is 0. The molecule has 0 spiro atoms. The van der Waals surface area contributed by atoms with Crippen LogP contribution < -0.4 is 11.6 Å². The zero-order valence-electron chi connectivity index (χ0n) is 15.9. The Bertz CT molecular complexity index is 682. The Kier molecular flexibility index (Phi) is 5.25. The molecule has 0 amide bonds. The van der Waals surface area contributed by atoms with Gasteiger partial charge in [0.2, 0.25) is 0 Å². The lowest BCUT2D eigenvalue weighted by Gasteiger charge is -2.37. The van der Waals surface area contributed by atoms with Crippen molar-refractivity contribution < 1.29 is 9.53 Å². The van der Waals surface area contributed by atoms with E-state index in [9.17, 15) is 4.79 Å². The molecule has 26 heavy (non-hydrogen) atoms. The van der Waals surface area contributed by atoms with E-state index < -0.39 is 6.04 Å². The maximum Gasteiger partial charge on any atom is 0.330 e. The van der Waals surface area contributed by atoms with Crippen molar-refractivity contribution in [2.45, 2.75) is 39.3 Å². The highest BCUT2D eigenvalue weighted by molar-refractivity contribution is 5.77. The first-order chi connectivity index (χ1) is 12.3. The summed E-state index contributed by atoms with van der Waals surface area (Å²) < 4.78 is 5.07. The Morgan fingerprint density at radius 2 is 1.92 bits per heavy atom. The number of nitrogens with zero attached hydrogens (tertiary/aromatic N) is 2. The Hall–Kier alpha value is -2.05. The van der Waals surface area contributed by atoms with Crippen molar-refractivity contribution >= 4 is 5.97 Å². The van der Waals surface area contributed by atoms with Gasteiger partial charge in [-0.3, -0.25) is 9.91 Å². The molecule has 1 saturated heterocycles. The smallest absolute Gasteiger partial charge is 0.330 e. The number of hydrazine groups is 1. The molecule has 1 unspecified atom stereocenters. The number of nitrogens with two attached hydrogens (primary N) is 2. The van der Waals surface area contributed by atoms with Gasteiger partial charge in [-0.25, -0.2) is 10.6 Å². The minimum atomic E-state index is -0.569. The van der Waals surface area contributed by atoms with E-state index in [0.29, 0.717) is 12.5 Å². The molecule has 1 aliphatic heterocycles. The first-order valence-corrected chi connectivity index (χ1v) is 9.20. The van der Waals surface area contributed by atoms with Crippen LogP contribution in [0, 0.1) is 11.3 Å². The second-order valence-corrected chi connectivity index (χ2v) is 8.13. The van der Waals surface area contributed by atoms with E-state index in [-0.39, 0.29) is 11.4 Å². The zero-order chi connectivity index (χ0) is 18.9. The highest BCUT2D eigenvalue weighted by atomic mass is 16.5. The number of carbonyl (C=O) groups is 1. The third-order valence-electron chi connectivity index (χ3n) is 5.36. The number of carbonyl (C=O) groups excluding carboxylic acids is 1. The predicted octanol–water partition coefficient (Wildman–Crippen LogP) is 1.83. The van der Waals surface area contributed by atoms with Crippen molar-refractivity contribution in [1.82, 2.24) is 9.91 Å². The van der Waals surface area contributed by atoms with Gasteiger partial charge >= 0.3 is 5.97 Å². The molecule has 1 aliphatic carbocycles. The average molecular weight is 358 g/mol. The molecule has 3 rings (SSSR count). The highest BCUT2D eigenvalue weighted by Gasteiger charge is 2.45. The van der Waals surface area contributed by atoms with Crippen molar-refractivity contribution in [2.75, 3.05) is 20.2 Å². The standard InChI is InChI=1S/C20H30N4O2/c1-20(2)13-23(11-14-7-5-4-6-8-14)12-16(17(21)15-9-10-15)24(22)18(20)19(25)26-3/h4-8,15,18H,9-13,21-22H2,1-3H3/b17-16-. The normalized spacial score (nSPS) is 25.5. The summed E-state index contributed by atoms with van der Waals surface area (Å²) in [5, 5.41) is 1.57. The van der Waals surface area contributed by atoms with Crippen molar-refractivity contribution in [3.8, 4) is 0 Å². The topological polar surface area (TPSA) is 84.8 Å². The molecule has 1 aromatic rings. The zero-order valence-corrected chi connectivity index (χ0v) is 15.9. The number of ether oxygens (including phenoxy) is 1. The minimum absolute atomic E-state index is 0.319. The van der Waals surface area contributed by atoms with Crippen LogP contribution in [0.5, 0.6) is 0 Å². The fourth-order valence-electron chi connectivity index (χ4n) is 3.91. The van der Waals surface area contributed by atoms with Crippen molar-refractivity contribution in [2.24, 2.45) is 22.9 Å². The van der Waals surface area contributed by atoms with Crippen LogP contribution in [-0.4, -0.2) is 42.1 Å². The van der Waals surface area contributed by atoms with Crippen molar-refractivity contribution in [3.05, 3.63) is 47.3 Å². The molecule has 142 valence electrons. The summed E-state index contributed by atoms with van der Waals surface area (Å²) in [6, 6.07) is 9.76. The van der Waals surface area contributed by atoms with Crippen molar-refractivity contribution in [1.29, 1.82) is 0 Å². The van der Waals surface area contributed by atoms with Crippen LogP contribution in [0.1, 0.15) is 32.3 Å². The van der Waals surface area contributed by atoms with Crippen LogP contribution >= 0.6 is 0 Å². The summed E-state index contributed by atoms with van der Waals surface area (Å²) in [5.74, 6) is 6.53. The quantitative estimate of drug-likeness (QED) is 0.631. The van der Waals surface area contributed by atoms with Crippen LogP contribution in [0.2, 0.25) is 0 Å². The van der Waals surface area contributed by atoms with Crippen molar-refractivity contribution in [3.63, 3.8) is 0 Å². The SMILES string of the molecule is COC(=O)C1N(N)/C(=C(\N)C2CC2)CN(Cc2ccccc2)CC1(C)C. The van der Waals surface area contributed by atoms with Gasteiger partial charge in [-0.15, -0.1) is 0 Å². The first-order valence-electron chi connectivity index (χ1n) is 9.20. The molecule has 6 nitrogen and oxygen atoms in total. The van der Waals surface area contributed by atoms with E-state index in [0.717, 1.165) is 37.3 Å². The van der Waals surface area contributed by atoms with Gasteiger partial charge in [0.15, 0.2) is 0 Å². The Morgan fingerprint density at radius 3 is 2.50 bits per heavy atom. The largest absolute Gasteiger partial charge is 0.467 e. The molecular weight excluding hydrogens is 328 g/mol. The monoisotopic (exact) mass is 358 g/mol. The molecular formula is C20H30N4O2. The second-order valence-electron chi connectivity index (χ2n) is 8.13. The molecule has 2 fully saturated rings. The van der Waals surface area contributed by atoms with Gasteiger partial charge in [0.1, 0.15) is 6.04 Å². The van der Waals surface area contributed by atoms with E-state index in [1.54, 1.807) is 5.01 Å². The highest BCUT2D eigenvalue weighted by Crippen LogP contribution is 2.39. The van der Waals surface area contributed by atoms with Crippen LogP contribution in [0.15, 0.2) is 41.7 Å². The molecule has 0 radical (unpaired) electrons. The lowest BCUT2D eigenvalue weighted by molar-refractivity contribution is -0.150. The fourth-order valence-corrected chi connectivity index (χ4v) is 3.91. The summed E-state index contributed by atoms with van der Waals surface area (Å²) in [5.41, 5.74) is 8.95. The molecule has 0 aromatic heterocycles. The molecule has 1 aromatic carbocycles. The molecule has 1 atom stereocenters. The number of hydrogen-bond acceptors (Lipinski definition) is 6. The van der Waals surface area contributed by atoms with Gasteiger partial charge < -0.3 is 10.5 Å². The van der Waals surface area contributed by atoms with Crippen LogP contribution in [-0.2, 0) is 16.1 Å². The number of esters is 1. The molecule has 2 aliphatic rings. The van der Waals surface area contributed by atoms with E-state index >= 15 is 0 Å². The number of hydrogen-bond donors (Lipinski definition) is 2. The molecule has 6 heteroatoms. The van der Waals surface area contributed by atoms with Gasteiger partial charge in [-0.05, 0) is 18.4 Å². The van der Waals surface area contributed by atoms with Crippen LogP contribution in [0.25, 0.3) is 0 Å². The summed E-state index contributed by atoms with van der Waals surface area (Å²) in [4.78, 5) is 14.9. The number of allylic oxidation sites excluding steroid dienone is 1. The number of benzene rings is 1. The van der Waals surface area contributed by atoms with Crippen LogP contribution in [0.3, 0.4) is 0 Å².